The number of nitrogens with two attached hydrogens (primary N) is 1. The fourth-order valence-corrected chi connectivity index (χ4v) is 2.04. The minimum absolute atomic E-state index is 0.0749. The molecular weight excluding hydrogens is 270 g/mol. The summed E-state index contributed by atoms with van der Waals surface area (Å²) in [4.78, 5) is 21.6. The Balaban J connectivity index is 2.17. The predicted octanol–water partition coefficient (Wildman–Crippen LogP) is 2.61. The van der Waals surface area contributed by atoms with Crippen LogP contribution in [0.1, 0.15) is 21.5 Å². The Hall–Kier alpha value is -2.89. The molecule has 0 aliphatic rings. The first-order valence-corrected chi connectivity index (χ1v) is 6.35. The van der Waals surface area contributed by atoms with Gasteiger partial charge in [-0.05, 0) is 30.7 Å². The minimum atomic E-state index is -0.483. The summed E-state index contributed by atoms with van der Waals surface area (Å²) in [6, 6.07) is 11.8. The summed E-state index contributed by atoms with van der Waals surface area (Å²) in [5.74, 6) is -0.483. The lowest BCUT2D eigenvalue weighted by atomic mass is 10.1. The fourth-order valence-electron chi connectivity index (χ4n) is 2.04. The number of nitrogens with one attached hydrogen (secondary N) is 1. The van der Waals surface area contributed by atoms with Crippen molar-refractivity contribution in [2.24, 2.45) is 5.73 Å². The monoisotopic (exact) mass is 285 g/mol. The largest absolute Gasteiger partial charge is 0.381 e. The smallest absolute Gasteiger partial charge is 0.274 e. The Labute approximate surface area is 121 Å². The molecule has 0 bridgehead atoms. The molecule has 0 unspecified atom stereocenters. The highest BCUT2D eigenvalue weighted by molar-refractivity contribution is 5.92. The van der Waals surface area contributed by atoms with Crippen molar-refractivity contribution in [2.75, 3.05) is 5.32 Å². The Morgan fingerprint density at radius 3 is 2.67 bits per heavy atom. The van der Waals surface area contributed by atoms with Crippen LogP contribution in [0, 0.1) is 17.0 Å². The first-order chi connectivity index (χ1) is 9.99. The maximum absolute atomic E-state index is 11.1. The van der Waals surface area contributed by atoms with E-state index >= 15 is 0 Å². The van der Waals surface area contributed by atoms with E-state index in [-0.39, 0.29) is 5.69 Å². The molecule has 0 saturated carbocycles. The molecule has 0 spiro atoms. The van der Waals surface area contributed by atoms with Gasteiger partial charge in [-0.3, -0.25) is 14.9 Å². The number of amides is 1. The lowest BCUT2D eigenvalue weighted by Crippen LogP contribution is -2.11. The van der Waals surface area contributed by atoms with Crippen molar-refractivity contribution in [3.63, 3.8) is 0 Å². The number of benzene rings is 2. The van der Waals surface area contributed by atoms with E-state index in [1.165, 1.54) is 6.07 Å². The zero-order valence-electron chi connectivity index (χ0n) is 11.5. The van der Waals surface area contributed by atoms with E-state index < -0.39 is 10.8 Å². The SMILES string of the molecule is Cc1c(NCc2cccc(C(N)=O)c2)cccc1[N+](=O)[O-]. The Kier molecular flexibility index (Phi) is 4.18. The molecule has 0 fully saturated rings. The van der Waals surface area contributed by atoms with Crippen molar-refractivity contribution in [1.29, 1.82) is 0 Å². The molecule has 0 aromatic heterocycles. The lowest BCUT2D eigenvalue weighted by molar-refractivity contribution is -0.385. The molecule has 2 aromatic carbocycles. The number of anilines is 1. The molecule has 21 heavy (non-hydrogen) atoms. The van der Waals surface area contributed by atoms with Crippen LogP contribution in [0.25, 0.3) is 0 Å². The van der Waals surface area contributed by atoms with Crippen LogP contribution in [0.15, 0.2) is 42.5 Å². The van der Waals surface area contributed by atoms with E-state index in [4.69, 9.17) is 5.73 Å². The van der Waals surface area contributed by atoms with E-state index in [1.807, 2.05) is 6.07 Å². The topological polar surface area (TPSA) is 98.3 Å². The maximum Gasteiger partial charge on any atom is 0.274 e. The summed E-state index contributed by atoms with van der Waals surface area (Å²) in [6.45, 7) is 2.14. The molecule has 108 valence electrons. The van der Waals surface area contributed by atoms with Gasteiger partial charge in [0.1, 0.15) is 0 Å². The van der Waals surface area contributed by atoms with E-state index in [0.717, 1.165) is 5.56 Å². The third kappa shape index (κ3) is 3.36. The van der Waals surface area contributed by atoms with E-state index in [1.54, 1.807) is 37.3 Å². The zero-order chi connectivity index (χ0) is 15.4. The Morgan fingerprint density at radius 1 is 1.29 bits per heavy atom. The molecule has 1 amide bonds. The quantitative estimate of drug-likeness (QED) is 0.651. The molecule has 3 N–H and O–H groups in total. The highest BCUT2D eigenvalue weighted by Gasteiger charge is 2.12. The molecule has 6 nitrogen and oxygen atoms in total. The van der Waals surface area contributed by atoms with Crippen molar-refractivity contribution in [2.45, 2.75) is 13.5 Å². The van der Waals surface area contributed by atoms with E-state index in [0.29, 0.717) is 23.4 Å². The molecule has 2 rings (SSSR count). The number of primary amides is 1. The van der Waals surface area contributed by atoms with Crippen LogP contribution >= 0.6 is 0 Å². The summed E-state index contributed by atoms with van der Waals surface area (Å²) >= 11 is 0. The number of carbonyl (C=O) groups excluding carboxylic acids is 1. The number of nitrogens with zero attached hydrogens (tertiary/aromatic N) is 1. The van der Waals surface area contributed by atoms with Gasteiger partial charge < -0.3 is 11.1 Å². The van der Waals surface area contributed by atoms with Crippen molar-refractivity contribution in [1.82, 2.24) is 0 Å². The molecular formula is C15H15N3O3. The van der Waals surface area contributed by atoms with Gasteiger partial charge in [0.2, 0.25) is 5.91 Å². The number of nitro benzene ring substituents is 1. The molecule has 0 aliphatic carbocycles. The van der Waals surface area contributed by atoms with Gasteiger partial charge in [-0.25, -0.2) is 0 Å². The van der Waals surface area contributed by atoms with E-state index in [9.17, 15) is 14.9 Å². The first-order valence-electron chi connectivity index (χ1n) is 6.35. The Bertz CT molecular complexity index is 698. The number of hydrogen-bond acceptors (Lipinski definition) is 4. The van der Waals surface area contributed by atoms with Gasteiger partial charge in [-0.2, -0.15) is 0 Å². The maximum atomic E-state index is 11.1. The lowest BCUT2D eigenvalue weighted by Gasteiger charge is -2.10. The van der Waals surface area contributed by atoms with E-state index in [2.05, 4.69) is 5.32 Å². The van der Waals surface area contributed by atoms with Gasteiger partial charge in [0.25, 0.3) is 5.69 Å². The van der Waals surface area contributed by atoms with Crippen LogP contribution < -0.4 is 11.1 Å². The number of rotatable bonds is 5. The molecule has 0 heterocycles. The second-order valence-corrected chi connectivity index (χ2v) is 4.62. The van der Waals surface area contributed by atoms with Gasteiger partial charge in [0.15, 0.2) is 0 Å². The van der Waals surface area contributed by atoms with Crippen molar-refractivity contribution in [3.8, 4) is 0 Å². The predicted molar refractivity (Wildman–Crippen MR) is 80.1 cm³/mol. The standard InChI is InChI=1S/C15H15N3O3/c1-10-13(6-3-7-14(10)18(20)21)17-9-11-4-2-5-12(8-11)15(16)19/h2-8,17H,9H2,1H3,(H2,16,19). The van der Waals surface area contributed by atoms with Crippen molar-refractivity contribution in [3.05, 3.63) is 69.3 Å². The number of carbonyl (C=O) groups is 1. The van der Waals surface area contributed by atoms with Crippen molar-refractivity contribution < 1.29 is 9.72 Å². The molecule has 0 aliphatic heterocycles. The van der Waals surface area contributed by atoms with Gasteiger partial charge in [0, 0.05) is 29.4 Å². The molecule has 0 atom stereocenters. The summed E-state index contributed by atoms with van der Waals surface area (Å²) in [7, 11) is 0. The molecule has 0 saturated heterocycles. The summed E-state index contributed by atoms with van der Waals surface area (Å²) in [5.41, 5.74) is 7.88. The average Bonchev–Trinajstić information content (AvgIpc) is 2.46. The summed E-state index contributed by atoms with van der Waals surface area (Å²) in [5, 5.41) is 14.0. The molecule has 2 aromatic rings. The third-order valence-corrected chi connectivity index (χ3v) is 3.20. The first kappa shape index (κ1) is 14.5. The van der Waals surface area contributed by atoms with Crippen LogP contribution in [0.3, 0.4) is 0 Å². The third-order valence-electron chi connectivity index (χ3n) is 3.20. The van der Waals surface area contributed by atoms with Gasteiger partial charge >= 0.3 is 0 Å². The highest BCUT2D eigenvalue weighted by atomic mass is 16.6. The Morgan fingerprint density at radius 2 is 2.00 bits per heavy atom. The van der Waals surface area contributed by atoms with Gasteiger partial charge in [-0.1, -0.05) is 18.2 Å². The normalized spacial score (nSPS) is 10.1. The zero-order valence-corrected chi connectivity index (χ0v) is 11.5. The number of hydrogen-bond donors (Lipinski definition) is 2. The van der Waals surface area contributed by atoms with Gasteiger partial charge in [-0.15, -0.1) is 0 Å². The fraction of sp³-hybridized carbons (Fsp3) is 0.133. The van der Waals surface area contributed by atoms with Crippen LogP contribution in [0.5, 0.6) is 0 Å². The van der Waals surface area contributed by atoms with Crippen LogP contribution in [0.4, 0.5) is 11.4 Å². The number of nitro groups is 1. The second-order valence-electron chi connectivity index (χ2n) is 4.62. The van der Waals surface area contributed by atoms with Crippen LogP contribution in [-0.2, 0) is 6.54 Å². The van der Waals surface area contributed by atoms with Crippen LogP contribution in [-0.4, -0.2) is 10.8 Å². The van der Waals surface area contributed by atoms with Gasteiger partial charge in [0.05, 0.1) is 4.92 Å². The molecule has 6 heteroatoms. The molecule has 0 radical (unpaired) electrons. The van der Waals surface area contributed by atoms with Crippen LogP contribution in [0.2, 0.25) is 0 Å². The average molecular weight is 285 g/mol. The minimum Gasteiger partial charge on any atom is -0.381 e. The summed E-state index contributed by atoms with van der Waals surface area (Å²) < 4.78 is 0. The van der Waals surface area contributed by atoms with Crippen molar-refractivity contribution >= 4 is 17.3 Å². The summed E-state index contributed by atoms with van der Waals surface area (Å²) in [6.07, 6.45) is 0. The second kappa shape index (κ2) is 6.04. The highest BCUT2D eigenvalue weighted by Crippen LogP contribution is 2.25.